The molecule has 0 radical (unpaired) electrons. The minimum atomic E-state index is 0.735. The fraction of sp³-hybridized carbons (Fsp3) is 0.0566. The summed E-state index contributed by atoms with van der Waals surface area (Å²) in [6, 6.07) is 63.3. The third kappa shape index (κ3) is 6.68. The van der Waals surface area contributed by atoms with Crippen LogP contribution in [0.15, 0.2) is 194 Å². The number of hydrogen-bond acceptors (Lipinski definition) is 3. The number of hydrogen-bond donors (Lipinski definition) is 0. The maximum absolute atomic E-state index is 5.40. The lowest BCUT2D eigenvalue weighted by Gasteiger charge is -2.13. The second-order valence-electron chi connectivity index (χ2n) is 14.4. The molecule has 266 valence electrons. The molecule has 2 nitrogen and oxygen atoms in total. The normalized spacial score (nSPS) is 12.8. The molecule has 0 N–H and O–H groups in total. The fourth-order valence-electron chi connectivity index (χ4n) is 7.90. The molecule has 1 aliphatic carbocycles. The number of aromatic nitrogens is 2. The summed E-state index contributed by atoms with van der Waals surface area (Å²) in [5.74, 6) is 0.735. The van der Waals surface area contributed by atoms with Crippen molar-refractivity contribution in [2.75, 3.05) is 0 Å². The molecule has 2 heterocycles. The Labute approximate surface area is 331 Å². The van der Waals surface area contributed by atoms with E-state index in [1.165, 1.54) is 61.0 Å². The van der Waals surface area contributed by atoms with Gasteiger partial charge in [-0.2, -0.15) is 0 Å². The monoisotopic (exact) mass is 734 g/mol. The van der Waals surface area contributed by atoms with Crippen molar-refractivity contribution in [2.45, 2.75) is 19.3 Å². The molecule has 0 saturated heterocycles. The molecular formula is C53H38N2S. The minimum Gasteiger partial charge on any atom is -0.227 e. The van der Waals surface area contributed by atoms with Gasteiger partial charge in [0, 0.05) is 26.6 Å². The largest absolute Gasteiger partial charge is 0.227 e. The summed E-state index contributed by atoms with van der Waals surface area (Å²) in [6.45, 7) is 0. The molecule has 1 aliphatic rings. The van der Waals surface area contributed by atoms with Crippen molar-refractivity contribution in [2.24, 2.45) is 0 Å². The van der Waals surface area contributed by atoms with E-state index in [-0.39, 0.29) is 0 Å². The Morgan fingerprint density at radius 3 is 1.64 bits per heavy atom. The SMILES string of the molecule is C1=CC(c2cccc(-c3nc(-c4cccc(-c5cccc(-c6cc(-c7ccccc7)cc(-c7ccccc7)c6)c5)c4)nc4sc5ccccc5c34)c2)=CCCC1. The molecule has 0 unspecified atom stereocenters. The van der Waals surface area contributed by atoms with Gasteiger partial charge in [-0.1, -0.05) is 152 Å². The molecule has 56 heavy (non-hydrogen) atoms. The lowest BCUT2D eigenvalue weighted by Crippen LogP contribution is -1.95. The topological polar surface area (TPSA) is 25.8 Å². The molecule has 0 amide bonds. The Morgan fingerprint density at radius 1 is 0.411 bits per heavy atom. The first-order chi connectivity index (χ1) is 27.7. The second-order valence-corrected chi connectivity index (χ2v) is 15.5. The van der Waals surface area contributed by atoms with E-state index in [4.69, 9.17) is 9.97 Å². The first-order valence-electron chi connectivity index (χ1n) is 19.4. The number of thiophene rings is 1. The van der Waals surface area contributed by atoms with E-state index in [1.807, 2.05) is 0 Å². The van der Waals surface area contributed by atoms with E-state index in [0.29, 0.717) is 0 Å². The van der Waals surface area contributed by atoms with Gasteiger partial charge in [-0.15, -0.1) is 11.3 Å². The van der Waals surface area contributed by atoms with Gasteiger partial charge < -0.3 is 0 Å². The first-order valence-corrected chi connectivity index (χ1v) is 20.2. The maximum Gasteiger partial charge on any atom is 0.161 e. The molecule has 0 fully saturated rings. The van der Waals surface area contributed by atoms with E-state index in [2.05, 4.69) is 194 Å². The summed E-state index contributed by atoms with van der Waals surface area (Å²) in [5, 5.41) is 2.32. The zero-order valence-electron chi connectivity index (χ0n) is 30.9. The van der Waals surface area contributed by atoms with Crippen LogP contribution in [-0.2, 0) is 0 Å². The van der Waals surface area contributed by atoms with Gasteiger partial charge in [-0.3, -0.25) is 0 Å². The van der Waals surface area contributed by atoms with Crippen LogP contribution in [0.3, 0.4) is 0 Å². The Bertz CT molecular complexity index is 2880. The zero-order valence-corrected chi connectivity index (χ0v) is 31.7. The molecule has 0 aliphatic heterocycles. The van der Waals surface area contributed by atoms with Crippen molar-refractivity contribution in [3.05, 3.63) is 200 Å². The number of benzene rings is 7. The van der Waals surface area contributed by atoms with Gasteiger partial charge in [0.25, 0.3) is 0 Å². The number of fused-ring (bicyclic) bond motifs is 3. The highest BCUT2D eigenvalue weighted by Crippen LogP contribution is 2.41. The predicted molar refractivity (Wildman–Crippen MR) is 239 cm³/mol. The lowest BCUT2D eigenvalue weighted by molar-refractivity contribution is 0.876. The second kappa shape index (κ2) is 14.9. The van der Waals surface area contributed by atoms with Crippen molar-refractivity contribution in [3.8, 4) is 67.2 Å². The fourth-order valence-corrected chi connectivity index (χ4v) is 8.97. The third-order valence-electron chi connectivity index (χ3n) is 10.7. The van der Waals surface area contributed by atoms with Crippen LogP contribution in [0.1, 0.15) is 24.8 Å². The van der Waals surface area contributed by atoms with E-state index in [9.17, 15) is 0 Å². The van der Waals surface area contributed by atoms with Crippen LogP contribution in [0.2, 0.25) is 0 Å². The van der Waals surface area contributed by atoms with Crippen LogP contribution in [-0.4, -0.2) is 9.97 Å². The average molecular weight is 735 g/mol. The highest BCUT2D eigenvalue weighted by atomic mass is 32.1. The summed E-state index contributed by atoms with van der Waals surface area (Å²) in [7, 11) is 0. The Hall–Kier alpha value is -6.68. The van der Waals surface area contributed by atoms with Crippen molar-refractivity contribution < 1.29 is 0 Å². The van der Waals surface area contributed by atoms with E-state index >= 15 is 0 Å². The summed E-state index contributed by atoms with van der Waals surface area (Å²) in [6.07, 6.45) is 10.3. The van der Waals surface area contributed by atoms with Crippen LogP contribution in [0, 0.1) is 0 Å². The summed E-state index contributed by atoms with van der Waals surface area (Å²) < 4.78 is 1.22. The van der Waals surface area contributed by atoms with Gasteiger partial charge in [-0.05, 0) is 117 Å². The maximum atomic E-state index is 5.40. The van der Waals surface area contributed by atoms with E-state index < -0.39 is 0 Å². The van der Waals surface area contributed by atoms with Gasteiger partial charge in [0.05, 0.1) is 5.69 Å². The third-order valence-corrected chi connectivity index (χ3v) is 11.8. The first kappa shape index (κ1) is 33.9. The highest BCUT2D eigenvalue weighted by Gasteiger charge is 2.18. The predicted octanol–water partition coefficient (Wildman–Crippen LogP) is 15.0. The summed E-state index contributed by atoms with van der Waals surface area (Å²) >= 11 is 1.74. The van der Waals surface area contributed by atoms with Crippen LogP contribution in [0.25, 0.3) is 93.0 Å². The van der Waals surface area contributed by atoms with Crippen molar-refractivity contribution >= 4 is 37.2 Å². The molecule has 7 aromatic carbocycles. The molecule has 10 rings (SSSR count). The molecule has 0 bridgehead atoms. The Kier molecular flexibility index (Phi) is 8.99. The van der Waals surface area contributed by atoms with Gasteiger partial charge >= 0.3 is 0 Å². The van der Waals surface area contributed by atoms with Crippen molar-refractivity contribution in [3.63, 3.8) is 0 Å². The average Bonchev–Trinajstić information content (AvgIpc) is 3.43. The smallest absolute Gasteiger partial charge is 0.161 e. The number of nitrogens with zero attached hydrogens (tertiary/aromatic N) is 2. The molecule has 0 saturated carbocycles. The van der Waals surface area contributed by atoms with Crippen molar-refractivity contribution in [1.29, 1.82) is 0 Å². The quantitative estimate of drug-likeness (QED) is 0.163. The van der Waals surface area contributed by atoms with Crippen molar-refractivity contribution in [1.82, 2.24) is 9.97 Å². The minimum absolute atomic E-state index is 0.735. The Balaban J connectivity index is 1.07. The number of allylic oxidation sites excluding steroid dienone is 4. The van der Waals surface area contributed by atoms with Gasteiger partial charge in [0.15, 0.2) is 5.82 Å². The zero-order chi connectivity index (χ0) is 37.3. The lowest BCUT2D eigenvalue weighted by atomic mass is 9.92. The molecule has 2 aromatic heterocycles. The van der Waals surface area contributed by atoms with Crippen LogP contribution in [0.5, 0.6) is 0 Å². The molecule has 9 aromatic rings. The van der Waals surface area contributed by atoms with Gasteiger partial charge in [-0.25, -0.2) is 9.97 Å². The summed E-state index contributed by atoms with van der Waals surface area (Å²) in [5.41, 5.74) is 15.0. The molecular weight excluding hydrogens is 697 g/mol. The van der Waals surface area contributed by atoms with Crippen LogP contribution < -0.4 is 0 Å². The van der Waals surface area contributed by atoms with Crippen LogP contribution >= 0.6 is 11.3 Å². The number of rotatable bonds is 7. The van der Waals surface area contributed by atoms with E-state index in [1.54, 1.807) is 11.3 Å². The molecule has 3 heteroatoms. The molecule has 0 spiro atoms. The van der Waals surface area contributed by atoms with Gasteiger partial charge in [0.1, 0.15) is 4.83 Å². The summed E-state index contributed by atoms with van der Waals surface area (Å²) in [4.78, 5) is 11.7. The van der Waals surface area contributed by atoms with Gasteiger partial charge in [0.2, 0.25) is 0 Å². The highest BCUT2D eigenvalue weighted by molar-refractivity contribution is 7.25. The molecule has 0 atom stereocenters. The standard InChI is InChI=1S/C53H38N2S/c1-2-6-17-36(16-5-1)39-22-14-26-43(31-39)51-50-48-28-11-12-29-49(48)56-53(50)55-52(54-51)44-27-15-24-41(32-44)40-23-13-25-42(30-40)47-34-45(37-18-7-3-8-19-37)33-46(35-47)38-20-9-4-10-21-38/h3-5,7-35H,1-2,6H2. The van der Waals surface area contributed by atoms with Crippen LogP contribution in [0.4, 0.5) is 0 Å². The Morgan fingerprint density at radius 2 is 0.929 bits per heavy atom. The van der Waals surface area contributed by atoms with E-state index in [0.717, 1.165) is 56.8 Å².